The van der Waals surface area contributed by atoms with E-state index in [1.165, 1.54) is 0 Å². The van der Waals surface area contributed by atoms with Crippen molar-refractivity contribution in [3.8, 4) is 0 Å². The van der Waals surface area contributed by atoms with Crippen molar-refractivity contribution < 1.29 is 14.0 Å². The number of guanidine groups is 1. The Morgan fingerprint density at radius 1 is 1.11 bits per heavy atom. The summed E-state index contributed by atoms with van der Waals surface area (Å²) in [6, 6.07) is 7.70. The van der Waals surface area contributed by atoms with Crippen molar-refractivity contribution in [3.63, 3.8) is 0 Å². The Bertz CT molecular complexity index is 982. The molecule has 2 aromatic rings. The van der Waals surface area contributed by atoms with Crippen molar-refractivity contribution in [2.45, 2.75) is 19.0 Å². The Morgan fingerprint density at radius 3 is 2.61 bits per heavy atom. The molecule has 5 rings (SSSR count). The number of alkyl halides is 1. The number of piperazine rings is 1. The SMILES string of the molecule is O=C1N=C(N2CCN(C(=O)c3cc4ccccn4c3)CC2)N=C(C2CC2)C1F. The van der Waals surface area contributed by atoms with Crippen molar-refractivity contribution in [2.24, 2.45) is 15.9 Å². The van der Waals surface area contributed by atoms with Gasteiger partial charge in [-0.05, 0) is 31.0 Å². The number of halogens is 1. The van der Waals surface area contributed by atoms with E-state index in [4.69, 9.17) is 0 Å². The molecule has 7 nitrogen and oxygen atoms in total. The molecule has 2 aromatic heterocycles. The lowest BCUT2D eigenvalue weighted by Gasteiger charge is -2.35. The van der Waals surface area contributed by atoms with Gasteiger partial charge in [0.25, 0.3) is 11.8 Å². The average Bonchev–Trinajstić information content (AvgIpc) is 3.47. The van der Waals surface area contributed by atoms with Crippen LogP contribution in [0.3, 0.4) is 0 Å². The zero-order valence-electron chi connectivity index (χ0n) is 15.3. The number of nitrogens with zero attached hydrogens (tertiary/aromatic N) is 5. The molecule has 4 heterocycles. The maximum atomic E-state index is 14.1. The normalized spacial score (nSPS) is 23.0. The summed E-state index contributed by atoms with van der Waals surface area (Å²) in [6.07, 6.45) is 3.82. The molecule has 0 aromatic carbocycles. The number of aliphatic imine (C=N–C) groups is 2. The molecule has 1 saturated heterocycles. The third-order valence-electron chi connectivity index (χ3n) is 5.51. The molecule has 28 heavy (non-hydrogen) atoms. The Balaban J connectivity index is 1.28. The Morgan fingerprint density at radius 2 is 1.89 bits per heavy atom. The molecule has 1 saturated carbocycles. The van der Waals surface area contributed by atoms with Gasteiger partial charge in [-0.25, -0.2) is 9.38 Å². The highest BCUT2D eigenvalue weighted by molar-refractivity contribution is 6.18. The van der Waals surface area contributed by atoms with E-state index in [0.29, 0.717) is 43.4 Å². The van der Waals surface area contributed by atoms with Crippen LogP contribution in [0.2, 0.25) is 0 Å². The van der Waals surface area contributed by atoms with Gasteiger partial charge in [0.2, 0.25) is 12.1 Å². The highest BCUT2D eigenvalue weighted by atomic mass is 19.1. The molecule has 2 fully saturated rings. The van der Waals surface area contributed by atoms with E-state index in [9.17, 15) is 14.0 Å². The van der Waals surface area contributed by atoms with Gasteiger partial charge in [-0.2, -0.15) is 4.99 Å². The van der Waals surface area contributed by atoms with Gasteiger partial charge >= 0.3 is 0 Å². The Kier molecular flexibility index (Phi) is 3.99. The van der Waals surface area contributed by atoms with E-state index in [2.05, 4.69) is 9.98 Å². The number of carbonyl (C=O) groups excluding carboxylic acids is 2. The quantitative estimate of drug-likeness (QED) is 0.796. The number of amides is 2. The molecule has 0 N–H and O–H groups in total. The van der Waals surface area contributed by atoms with Crippen LogP contribution in [0.1, 0.15) is 23.2 Å². The van der Waals surface area contributed by atoms with Crippen molar-refractivity contribution in [3.05, 3.63) is 42.2 Å². The summed E-state index contributed by atoms with van der Waals surface area (Å²) in [5.74, 6) is -0.402. The first kappa shape index (κ1) is 17.1. The summed E-state index contributed by atoms with van der Waals surface area (Å²) in [5, 5.41) is 0. The topological polar surface area (TPSA) is 69.8 Å². The molecule has 3 aliphatic rings. The lowest BCUT2D eigenvalue weighted by atomic mass is 10.1. The molecule has 0 spiro atoms. The fraction of sp³-hybridized carbons (Fsp3) is 0.400. The smallest absolute Gasteiger partial charge is 0.289 e. The number of aromatic nitrogens is 1. The van der Waals surface area contributed by atoms with Crippen molar-refractivity contribution in [1.29, 1.82) is 0 Å². The highest BCUT2D eigenvalue weighted by Crippen LogP contribution is 2.34. The van der Waals surface area contributed by atoms with Crippen LogP contribution in [0.4, 0.5) is 4.39 Å². The second kappa shape index (κ2) is 6.54. The van der Waals surface area contributed by atoms with Gasteiger partial charge in [-0.3, -0.25) is 9.59 Å². The molecular weight excluding hydrogens is 361 g/mol. The van der Waals surface area contributed by atoms with E-state index >= 15 is 0 Å². The first-order valence-corrected chi connectivity index (χ1v) is 9.56. The second-order valence-electron chi connectivity index (χ2n) is 7.46. The van der Waals surface area contributed by atoms with Crippen molar-refractivity contribution in [2.75, 3.05) is 26.2 Å². The van der Waals surface area contributed by atoms with Gasteiger partial charge in [0.05, 0.1) is 11.3 Å². The number of hydrogen-bond donors (Lipinski definition) is 0. The van der Waals surface area contributed by atoms with E-state index in [-0.39, 0.29) is 11.8 Å². The summed E-state index contributed by atoms with van der Waals surface area (Å²) in [5.41, 5.74) is 1.95. The van der Waals surface area contributed by atoms with Gasteiger partial charge in [-0.15, -0.1) is 0 Å². The summed E-state index contributed by atoms with van der Waals surface area (Å²) >= 11 is 0. The third-order valence-corrected chi connectivity index (χ3v) is 5.51. The predicted octanol–water partition coefficient (Wildman–Crippen LogP) is 1.78. The maximum Gasteiger partial charge on any atom is 0.289 e. The minimum Gasteiger partial charge on any atom is -0.337 e. The van der Waals surface area contributed by atoms with Crippen molar-refractivity contribution >= 4 is 29.0 Å². The van der Waals surface area contributed by atoms with Crippen LogP contribution in [0, 0.1) is 5.92 Å². The summed E-state index contributed by atoms with van der Waals surface area (Å²) in [4.78, 5) is 36.6. The molecule has 0 bridgehead atoms. The average molecular weight is 381 g/mol. The maximum absolute atomic E-state index is 14.1. The van der Waals surface area contributed by atoms with Crippen molar-refractivity contribution in [1.82, 2.24) is 14.2 Å². The number of fused-ring (bicyclic) bond motifs is 1. The first-order chi connectivity index (χ1) is 13.6. The molecule has 8 heteroatoms. The van der Waals surface area contributed by atoms with Crippen LogP contribution in [0.25, 0.3) is 5.52 Å². The fourth-order valence-electron chi connectivity index (χ4n) is 3.76. The van der Waals surface area contributed by atoms with Crippen LogP contribution in [0.5, 0.6) is 0 Å². The minimum absolute atomic E-state index is 0.0176. The van der Waals surface area contributed by atoms with Crippen LogP contribution in [-0.4, -0.2) is 70.0 Å². The predicted molar refractivity (Wildman–Crippen MR) is 102 cm³/mol. The molecule has 144 valence electrons. The lowest BCUT2D eigenvalue weighted by molar-refractivity contribution is -0.120. The van der Waals surface area contributed by atoms with Crippen LogP contribution in [-0.2, 0) is 4.79 Å². The molecule has 1 atom stereocenters. The van der Waals surface area contributed by atoms with Gasteiger partial charge in [-0.1, -0.05) is 6.07 Å². The molecule has 0 radical (unpaired) electrons. The standard InChI is InChI=1S/C20H20FN5O2/c21-16-17(13-4-5-13)22-20(23-18(16)27)25-9-7-24(8-10-25)19(28)14-11-15-3-1-2-6-26(15)12-14/h1-3,6,11-13,16H,4-5,7-10H2. The monoisotopic (exact) mass is 381 g/mol. The summed E-state index contributed by atoms with van der Waals surface area (Å²) < 4.78 is 16.0. The Labute approximate surface area is 161 Å². The number of hydrogen-bond acceptors (Lipinski definition) is 4. The second-order valence-corrected chi connectivity index (χ2v) is 7.46. The molecule has 1 unspecified atom stereocenters. The molecule has 1 aliphatic carbocycles. The Hall–Kier alpha value is -3.03. The van der Waals surface area contributed by atoms with E-state index in [1.807, 2.05) is 46.0 Å². The fourth-order valence-corrected chi connectivity index (χ4v) is 3.76. The van der Waals surface area contributed by atoms with Gasteiger partial charge in [0, 0.05) is 50.0 Å². The lowest BCUT2D eigenvalue weighted by Crippen LogP contribution is -2.51. The molecule has 2 amide bonds. The van der Waals surface area contributed by atoms with E-state index in [0.717, 1.165) is 18.4 Å². The van der Waals surface area contributed by atoms with E-state index < -0.39 is 12.1 Å². The van der Waals surface area contributed by atoms with Gasteiger partial charge < -0.3 is 14.2 Å². The first-order valence-electron chi connectivity index (χ1n) is 9.56. The van der Waals surface area contributed by atoms with Crippen LogP contribution >= 0.6 is 0 Å². The minimum atomic E-state index is -1.69. The summed E-state index contributed by atoms with van der Waals surface area (Å²) in [6.45, 7) is 2.05. The largest absolute Gasteiger partial charge is 0.337 e. The zero-order valence-corrected chi connectivity index (χ0v) is 15.3. The number of carbonyl (C=O) groups is 2. The number of rotatable bonds is 2. The van der Waals surface area contributed by atoms with Gasteiger partial charge in [0.15, 0.2) is 0 Å². The molecular formula is C20H20FN5O2. The van der Waals surface area contributed by atoms with Crippen LogP contribution < -0.4 is 0 Å². The summed E-state index contributed by atoms with van der Waals surface area (Å²) in [7, 11) is 0. The zero-order chi connectivity index (χ0) is 19.3. The molecule has 2 aliphatic heterocycles. The van der Waals surface area contributed by atoms with Gasteiger partial charge in [0.1, 0.15) is 0 Å². The van der Waals surface area contributed by atoms with E-state index in [1.54, 1.807) is 4.90 Å². The number of pyridine rings is 1. The highest BCUT2D eigenvalue weighted by Gasteiger charge is 2.40. The van der Waals surface area contributed by atoms with Crippen LogP contribution in [0.15, 0.2) is 46.6 Å². The third kappa shape index (κ3) is 2.98.